The Morgan fingerprint density at radius 2 is 2.05 bits per heavy atom. The number of anilines is 2. The number of hydrogen-bond acceptors (Lipinski definition) is 5. The summed E-state index contributed by atoms with van der Waals surface area (Å²) in [6, 6.07) is 4.21. The Morgan fingerprint density at radius 1 is 1.38 bits per heavy atom. The van der Waals surface area contributed by atoms with Crippen molar-refractivity contribution in [3.8, 4) is 6.07 Å². The van der Waals surface area contributed by atoms with Crippen LogP contribution in [0.2, 0.25) is 0 Å². The Kier molecular flexibility index (Phi) is 5.95. The van der Waals surface area contributed by atoms with Gasteiger partial charge in [-0.3, -0.25) is 0 Å². The molecule has 0 spiro atoms. The second-order valence-corrected chi connectivity index (χ2v) is 6.52. The zero-order valence-corrected chi connectivity index (χ0v) is 14.1. The van der Waals surface area contributed by atoms with E-state index >= 15 is 0 Å². The molecule has 5 heteroatoms. The maximum Gasteiger partial charge on any atom is 0.138 e. The van der Waals surface area contributed by atoms with Crippen LogP contribution < -0.4 is 10.2 Å². The van der Waals surface area contributed by atoms with E-state index in [0.717, 1.165) is 30.4 Å². The zero-order chi connectivity index (χ0) is 16.0. The van der Waals surface area contributed by atoms with Crippen molar-refractivity contribution in [1.82, 2.24) is 9.97 Å². The highest BCUT2D eigenvalue weighted by atomic mass is 15.2. The van der Waals surface area contributed by atoms with E-state index in [4.69, 9.17) is 5.26 Å². The molecule has 1 unspecified atom stereocenters. The van der Waals surface area contributed by atoms with Crippen LogP contribution in [0.5, 0.6) is 0 Å². The van der Waals surface area contributed by atoms with Crippen molar-refractivity contribution in [2.45, 2.75) is 46.5 Å². The zero-order valence-electron chi connectivity index (χ0n) is 14.1. The van der Waals surface area contributed by atoms with Gasteiger partial charge in [0.1, 0.15) is 17.5 Å². The molecule has 0 saturated carbocycles. The van der Waals surface area contributed by atoms with Gasteiger partial charge in [0.2, 0.25) is 0 Å². The summed E-state index contributed by atoms with van der Waals surface area (Å²) in [7, 11) is 1.96. The maximum atomic E-state index is 8.96. The molecule has 21 heavy (non-hydrogen) atoms. The lowest BCUT2D eigenvalue weighted by Gasteiger charge is -2.24. The average molecular weight is 289 g/mol. The van der Waals surface area contributed by atoms with Gasteiger partial charge in [-0.15, -0.1) is 0 Å². The van der Waals surface area contributed by atoms with Gasteiger partial charge in [0.05, 0.1) is 12.0 Å². The van der Waals surface area contributed by atoms with Crippen LogP contribution >= 0.6 is 0 Å². The van der Waals surface area contributed by atoms with E-state index in [1.165, 1.54) is 0 Å². The van der Waals surface area contributed by atoms with Crippen LogP contribution in [0.4, 0.5) is 11.6 Å². The molecule has 1 atom stereocenters. The van der Waals surface area contributed by atoms with E-state index in [9.17, 15) is 0 Å². The third kappa shape index (κ3) is 5.22. The fourth-order valence-electron chi connectivity index (χ4n) is 1.85. The molecule has 1 aromatic heterocycles. The number of aromatic nitrogens is 2. The molecule has 5 nitrogen and oxygen atoms in total. The summed E-state index contributed by atoms with van der Waals surface area (Å²) < 4.78 is 0. The van der Waals surface area contributed by atoms with E-state index in [-0.39, 0.29) is 11.3 Å². The fraction of sp³-hybridized carbons (Fsp3) is 0.688. The molecule has 0 aliphatic rings. The lowest BCUT2D eigenvalue weighted by Crippen LogP contribution is -2.26. The van der Waals surface area contributed by atoms with E-state index in [1.54, 1.807) is 0 Å². The van der Waals surface area contributed by atoms with Crippen molar-refractivity contribution in [3.05, 3.63) is 11.9 Å². The molecule has 1 heterocycles. The van der Waals surface area contributed by atoms with Gasteiger partial charge in [0.15, 0.2) is 0 Å². The molecule has 0 bridgehead atoms. The van der Waals surface area contributed by atoms with Gasteiger partial charge in [0.25, 0.3) is 0 Å². The van der Waals surface area contributed by atoms with Crippen molar-refractivity contribution < 1.29 is 0 Å². The Bertz CT molecular complexity index is 498. The minimum Gasteiger partial charge on any atom is -0.370 e. The molecule has 0 radical (unpaired) electrons. The predicted molar refractivity (Wildman–Crippen MR) is 87.6 cm³/mol. The number of nitriles is 1. The third-order valence-electron chi connectivity index (χ3n) is 3.10. The number of rotatable bonds is 6. The quantitative estimate of drug-likeness (QED) is 0.871. The van der Waals surface area contributed by atoms with Gasteiger partial charge in [-0.05, 0) is 13.3 Å². The molecule has 116 valence electrons. The molecule has 1 rings (SSSR count). The Hall–Kier alpha value is -1.83. The van der Waals surface area contributed by atoms with Gasteiger partial charge in [0, 0.05) is 31.6 Å². The minimum atomic E-state index is -0.111. The molecule has 0 aromatic carbocycles. The van der Waals surface area contributed by atoms with Crippen molar-refractivity contribution in [3.63, 3.8) is 0 Å². The summed E-state index contributed by atoms with van der Waals surface area (Å²) in [4.78, 5) is 11.3. The van der Waals surface area contributed by atoms with Gasteiger partial charge >= 0.3 is 0 Å². The van der Waals surface area contributed by atoms with Crippen molar-refractivity contribution in [2.75, 3.05) is 30.4 Å². The normalized spacial score (nSPS) is 12.6. The second kappa shape index (κ2) is 7.26. The largest absolute Gasteiger partial charge is 0.370 e. The maximum absolute atomic E-state index is 8.96. The highest BCUT2D eigenvalue weighted by molar-refractivity contribution is 5.49. The molecule has 0 amide bonds. The van der Waals surface area contributed by atoms with Gasteiger partial charge < -0.3 is 10.2 Å². The van der Waals surface area contributed by atoms with Gasteiger partial charge in [-0.1, -0.05) is 27.7 Å². The smallest absolute Gasteiger partial charge is 0.138 e. The molecule has 0 aliphatic carbocycles. The van der Waals surface area contributed by atoms with E-state index in [2.05, 4.69) is 49.0 Å². The van der Waals surface area contributed by atoms with E-state index < -0.39 is 0 Å². The first kappa shape index (κ1) is 17.2. The highest BCUT2D eigenvalue weighted by Gasteiger charge is 2.20. The summed E-state index contributed by atoms with van der Waals surface area (Å²) in [6.07, 6.45) is 1.05. The Balaban J connectivity index is 3.09. The monoisotopic (exact) mass is 289 g/mol. The standard InChI is InChI=1S/C16H27N5/c1-7-8-18-13-9-14(21(6)11-12(2)10-17)20-15(19-13)16(3,4)5/h9,12H,7-8,11H2,1-6H3,(H,18,19,20). The molecule has 0 saturated heterocycles. The summed E-state index contributed by atoms with van der Waals surface area (Å²) >= 11 is 0. The number of hydrogen-bond donors (Lipinski definition) is 1. The van der Waals surface area contributed by atoms with Crippen LogP contribution in [0, 0.1) is 17.2 Å². The third-order valence-corrected chi connectivity index (χ3v) is 3.10. The second-order valence-electron chi connectivity index (χ2n) is 6.52. The van der Waals surface area contributed by atoms with Crippen molar-refractivity contribution in [2.24, 2.45) is 5.92 Å². The average Bonchev–Trinajstić information content (AvgIpc) is 2.43. The summed E-state index contributed by atoms with van der Waals surface area (Å²) in [6.45, 7) is 11.9. The minimum absolute atomic E-state index is 0.0323. The first-order valence-corrected chi connectivity index (χ1v) is 7.52. The molecular weight excluding hydrogens is 262 g/mol. The van der Waals surface area contributed by atoms with Crippen LogP contribution in [0.25, 0.3) is 0 Å². The van der Waals surface area contributed by atoms with Gasteiger partial charge in [-0.2, -0.15) is 5.26 Å². The topological polar surface area (TPSA) is 64.8 Å². The van der Waals surface area contributed by atoms with Crippen LogP contribution in [-0.4, -0.2) is 30.1 Å². The van der Waals surface area contributed by atoms with Crippen LogP contribution in [0.1, 0.15) is 46.9 Å². The lowest BCUT2D eigenvalue weighted by molar-refractivity contribution is 0.544. The van der Waals surface area contributed by atoms with Crippen molar-refractivity contribution in [1.29, 1.82) is 5.26 Å². The lowest BCUT2D eigenvalue weighted by atomic mass is 9.96. The summed E-state index contributed by atoms with van der Waals surface area (Å²) in [5.41, 5.74) is -0.111. The Morgan fingerprint density at radius 3 is 2.57 bits per heavy atom. The predicted octanol–water partition coefficient (Wildman–Crippen LogP) is 3.19. The van der Waals surface area contributed by atoms with Crippen molar-refractivity contribution >= 4 is 11.6 Å². The molecule has 0 aliphatic heterocycles. The highest BCUT2D eigenvalue weighted by Crippen LogP contribution is 2.24. The SMILES string of the molecule is CCCNc1cc(N(C)CC(C)C#N)nc(C(C)(C)C)n1. The van der Waals surface area contributed by atoms with E-state index in [0.29, 0.717) is 6.54 Å². The molecule has 1 N–H and O–H groups in total. The van der Waals surface area contributed by atoms with Crippen LogP contribution in [0.15, 0.2) is 6.07 Å². The summed E-state index contributed by atoms with van der Waals surface area (Å²) in [5, 5.41) is 12.3. The number of nitrogens with zero attached hydrogens (tertiary/aromatic N) is 4. The fourth-order valence-corrected chi connectivity index (χ4v) is 1.85. The Labute approximate surface area is 128 Å². The first-order chi connectivity index (χ1) is 9.77. The van der Waals surface area contributed by atoms with Gasteiger partial charge in [-0.25, -0.2) is 9.97 Å². The van der Waals surface area contributed by atoms with Crippen LogP contribution in [-0.2, 0) is 5.41 Å². The molecule has 0 fully saturated rings. The molecular formula is C16H27N5. The van der Waals surface area contributed by atoms with E-state index in [1.807, 2.05) is 24.9 Å². The summed E-state index contributed by atoms with van der Waals surface area (Å²) in [5.74, 6) is 2.49. The first-order valence-electron chi connectivity index (χ1n) is 7.52. The molecule has 1 aromatic rings. The van der Waals surface area contributed by atoms with Crippen LogP contribution in [0.3, 0.4) is 0 Å². The number of nitrogens with one attached hydrogen (secondary N) is 1.